The van der Waals surface area contributed by atoms with Gasteiger partial charge in [-0.15, -0.1) is 0 Å². The predicted octanol–water partition coefficient (Wildman–Crippen LogP) is 4.95. The second kappa shape index (κ2) is 3.72. The highest BCUT2D eigenvalue weighted by atomic mass is 14.4. The molecule has 0 spiro atoms. The third-order valence-electron chi connectivity index (χ3n) is 3.06. The molecule has 1 rings (SSSR count). The maximum Gasteiger partial charge on any atom is -0.0165 e. The van der Waals surface area contributed by atoms with Crippen molar-refractivity contribution in [2.24, 2.45) is 10.8 Å². The van der Waals surface area contributed by atoms with Gasteiger partial charge >= 0.3 is 0 Å². The van der Waals surface area contributed by atoms with Crippen molar-refractivity contribution in [3.05, 3.63) is 11.1 Å². The quantitative estimate of drug-likeness (QED) is 0.479. The molecule has 0 saturated heterocycles. The molecule has 0 N–H and O–H groups in total. The van der Waals surface area contributed by atoms with Crippen LogP contribution in [0.3, 0.4) is 0 Å². The topological polar surface area (TPSA) is 0 Å². The highest BCUT2D eigenvalue weighted by Crippen LogP contribution is 2.45. The van der Waals surface area contributed by atoms with Crippen LogP contribution in [-0.2, 0) is 0 Å². The van der Waals surface area contributed by atoms with E-state index in [9.17, 15) is 0 Å². The van der Waals surface area contributed by atoms with E-state index >= 15 is 0 Å². The van der Waals surface area contributed by atoms with Crippen LogP contribution in [0.4, 0.5) is 0 Å². The van der Waals surface area contributed by atoms with Gasteiger partial charge in [0.15, 0.2) is 0 Å². The standard InChI is InChI=1S/C14H26/c1-13(2,3)12(14(4,5)6)11-9-7-8-10-11/h7-10H2,1-6H3. The first kappa shape index (κ1) is 11.8. The van der Waals surface area contributed by atoms with Gasteiger partial charge in [0.25, 0.3) is 0 Å². The average Bonchev–Trinajstić information content (AvgIpc) is 2.31. The number of hydrogen-bond donors (Lipinski definition) is 0. The van der Waals surface area contributed by atoms with E-state index in [1.54, 1.807) is 11.1 Å². The molecule has 0 aliphatic heterocycles. The summed E-state index contributed by atoms with van der Waals surface area (Å²) in [6.07, 6.45) is 5.52. The molecule has 0 nitrogen and oxygen atoms in total. The Kier molecular flexibility index (Phi) is 3.13. The minimum atomic E-state index is 0.345. The Labute approximate surface area is 89.8 Å². The van der Waals surface area contributed by atoms with E-state index in [-0.39, 0.29) is 0 Å². The molecule has 0 radical (unpaired) electrons. The third-order valence-corrected chi connectivity index (χ3v) is 3.06. The van der Waals surface area contributed by atoms with Crippen molar-refractivity contribution in [2.75, 3.05) is 0 Å². The van der Waals surface area contributed by atoms with Crippen LogP contribution in [0.5, 0.6) is 0 Å². The Hall–Kier alpha value is -0.260. The summed E-state index contributed by atoms with van der Waals surface area (Å²) < 4.78 is 0. The molecule has 0 atom stereocenters. The van der Waals surface area contributed by atoms with Gasteiger partial charge in [-0.25, -0.2) is 0 Å². The first-order valence-corrected chi connectivity index (χ1v) is 5.96. The van der Waals surface area contributed by atoms with E-state index in [0.717, 1.165) is 0 Å². The van der Waals surface area contributed by atoms with Crippen molar-refractivity contribution in [3.8, 4) is 0 Å². The van der Waals surface area contributed by atoms with Gasteiger partial charge in [0.1, 0.15) is 0 Å². The zero-order chi connectivity index (χ0) is 11.0. The van der Waals surface area contributed by atoms with Crippen LogP contribution in [0.25, 0.3) is 0 Å². The molecule has 0 heterocycles. The Morgan fingerprint density at radius 2 is 1.14 bits per heavy atom. The minimum absolute atomic E-state index is 0.345. The molecular formula is C14H26. The predicted molar refractivity (Wildman–Crippen MR) is 64.4 cm³/mol. The van der Waals surface area contributed by atoms with E-state index in [1.807, 2.05) is 0 Å². The molecular weight excluding hydrogens is 168 g/mol. The number of rotatable bonds is 0. The van der Waals surface area contributed by atoms with E-state index < -0.39 is 0 Å². The van der Waals surface area contributed by atoms with Crippen LogP contribution < -0.4 is 0 Å². The maximum atomic E-state index is 2.36. The lowest BCUT2D eigenvalue weighted by Gasteiger charge is -2.36. The largest absolute Gasteiger partial charge is 0.0699 e. The van der Waals surface area contributed by atoms with Crippen LogP contribution in [0.1, 0.15) is 67.2 Å². The lowest BCUT2D eigenvalue weighted by molar-refractivity contribution is 0.354. The van der Waals surface area contributed by atoms with Gasteiger partial charge in [-0.2, -0.15) is 0 Å². The fourth-order valence-corrected chi connectivity index (χ4v) is 3.24. The number of hydrogen-bond acceptors (Lipinski definition) is 0. The Bertz CT molecular complexity index is 206. The highest BCUT2D eigenvalue weighted by Gasteiger charge is 2.31. The van der Waals surface area contributed by atoms with Crippen molar-refractivity contribution in [2.45, 2.75) is 67.2 Å². The van der Waals surface area contributed by atoms with Gasteiger partial charge in [0.05, 0.1) is 0 Å². The third kappa shape index (κ3) is 2.62. The Morgan fingerprint density at radius 3 is 1.43 bits per heavy atom. The molecule has 1 aliphatic rings. The second-order valence-electron chi connectivity index (χ2n) is 6.69. The zero-order valence-electron chi connectivity index (χ0n) is 10.8. The molecule has 0 aromatic carbocycles. The summed E-state index contributed by atoms with van der Waals surface area (Å²) in [5.74, 6) is 0. The van der Waals surface area contributed by atoms with Crippen LogP contribution in [-0.4, -0.2) is 0 Å². The molecule has 0 bridgehead atoms. The molecule has 1 aliphatic carbocycles. The SMILES string of the molecule is CC(C)(C)C(=C1CCCC1)C(C)(C)C. The molecule has 0 aromatic heterocycles. The average molecular weight is 194 g/mol. The highest BCUT2D eigenvalue weighted by molar-refractivity contribution is 5.27. The van der Waals surface area contributed by atoms with Crippen molar-refractivity contribution >= 4 is 0 Å². The van der Waals surface area contributed by atoms with Gasteiger partial charge in [0, 0.05) is 0 Å². The van der Waals surface area contributed by atoms with Crippen molar-refractivity contribution in [3.63, 3.8) is 0 Å². The second-order valence-corrected chi connectivity index (χ2v) is 6.69. The Balaban J connectivity index is 3.11. The van der Waals surface area contributed by atoms with E-state index in [1.165, 1.54) is 25.7 Å². The van der Waals surface area contributed by atoms with Crippen LogP contribution in [0.15, 0.2) is 11.1 Å². The maximum absolute atomic E-state index is 2.36. The van der Waals surface area contributed by atoms with Crippen LogP contribution >= 0.6 is 0 Å². The van der Waals surface area contributed by atoms with Crippen molar-refractivity contribution in [1.82, 2.24) is 0 Å². The van der Waals surface area contributed by atoms with Gasteiger partial charge in [-0.3, -0.25) is 0 Å². The fraction of sp³-hybridized carbons (Fsp3) is 0.857. The summed E-state index contributed by atoms with van der Waals surface area (Å²) in [7, 11) is 0. The molecule has 0 aromatic rings. The summed E-state index contributed by atoms with van der Waals surface area (Å²) in [4.78, 5) is 0. The summed E-state index contributed by atoms with van der Waals surface area (Å²) >= 11 is 0. The Morgan fingerprint density at radius 1 is 0.786 bits per heavy atom. The van der Waals surface area contributed by atoms with Gasteiger partial charge in [0.2, 0.25) is 0 Å². The first-order chi connectivity index (χ1) is 6.23. The van der Waals surface area contributed by atoms with Gasteiger partial charge in [-0.1, -0.05) is 52.7 Å². The zero-order valence-corrected chi connectivity index (χ0v) is 10.8. The molecule has 0 unspecified atom stereocenters. The summed E-state index contributed by atoms with van der Waals surface area (Å²) in [6, 6.07) is 0. The van der Waals surface area contributed by atoms with E-state index in [0.29, 0.717) is 10.8 Å². The monoisotopic (exact) mass is 194 g/mol. The van der Waals surface area contributed by atoms with Crippen LogP contribution in [0.2, 0.25) is 0 Å². The summed E-state index contributed by atoms with van der Waals surface area (Å²) in [5, 5.41) is 0. The fourth-order valence-electron chi connectivity index (χ4n) is 3.24. The van der Waals surface area contributed by atoms with Gasteiger partial charge < -0.3 is 0 Å². The molecule has 82 valence electrons. The van der Waals surface area contributed by atoms with Crippen molar-refractivity contribution < 1.29 is 0 Å². The first-order valence-electron chi connectivity index (χ1n) is 5.96. The molecule has 1 saturated carbocycles. The summed E-state index contributed by atoms with van der Waals surface area (Å²) in [5.41, 5.74) is 4.16. The lowest BCUT2D eigenvalue weighted by Crippen LogP contribution is -2.24. The van der Waals surface area contributed by atoms with E-state index in [2.05, 4.69) is 41.5 Å². The summed E-state index contributed by atoms with van der Waals surface area (Å²) in [6.45, 7) is 14.2. The van der Waals surface area contributed by atoms with Crippen LogP contribution in [0, 0.1) is 10.8 Å². The lowest BCUT2D eigenvalue weighted by atomic mass is 9.69. The molecule has 0 amide bonds. The van der Waals surface area contributed by atoms with E-state index in [4.69, 9.17) is 0 Å². The normalized spacial score (nSPS) is 18.9. The number of allylic oxidation sites excluding steroid dienone is 2. The molecule has 1 fully saturated rings. The van der Waals surface area contributed by atoms with Crippen molar-refractivity contribution in [1.29, 1.82) is 0 Å². The van der Waals surface area contributed by atoms with Gasteiger partial charge in [-0.05, 0) is 36.5 Å². The minimum Gasteiger partial charge on any atom is -0.0699 e. The smallest absolute Gasteiger partial charge is 0.0165 e. The molecule has 0 heteroatoms. The molecule has 14 heavy (non-hydrogen) atoms.